The summed E-state index contributed by atoms with van der Waals surface area (Å²) < 4.78 is 5.21. The van der Waals surface area contributed by atoms with E-state index < -0.39 is 30.1 Å². The number of aliphatic hydroxyl groups is 1. The van der Waals surface area contributed by atoms with Crippen LogP contribution in [0.5, 0.6) is 0 Å². The molecule has 0 aromatic heterocycles. The minimum atomic E-state index is -1.11. The number of hydrogen-bond donors (Lipinski definition) is 2. The summed E-state index contributed by atoms with van der Waals surface area (Å²) in [5.41, 5.74) is 0.825. The lowest BCUT2D eigenvalue weighted by atomic mass is 9.89. The smallest absolute Gasteiger partial charge is 0.410 e. The first-order chi connectivity index (χ1) is 10.9. The number of aliphatic hydroxyl groups excluding tert-OH is 1. The van der Waals surface area contributed by atoms with Gasteiger partial charge in [0.15, 0.2) is 0 Å². The summed E-state index contributed by atoms with van der Waals surface area (Å²) in [4.78, 5) is 24.9. The van der Waals surface area contributed by atoms with Gasteiger partial charge >= 0.3 is 12.1 Å². The van der Waals surface area contributed by atoms with Crippen LogP contribution in [-0.2, 0) is 16.1 Å². The number of aliphatic carboxylic acids is 1. The summed E-state index contributed by atoms with van der Waals surface area (Å²) in [5, 5.41) is 19.6. The molecule has 2 N–H and O–H groups in total. The third-order valence-electron chi connectivity index (χ3n) is 4.06. The van der Waals surface area contributed by atoms with Crippen LogP contribution in [0.15, 0.2) is 30.3 Å². The van der Waals surface area contributed by atoms with E-state index in [4.69, 9.17) is 4.74 Å². The van der Waals surface area contributed by atoms with Crippen LogP contribution in [-0.4, -0.2) is 45.9 Å². The Morgan fingerprint density at radius 2 is 1.96 bits per heavy atom. The molecular weight excluding hydrogens is 298 g/mol. The second kappa shape index (κ2) is 7.46. The zero-order valence-corrected chi connectivity index (χ0v) is 13.4. The van der Waals surface area contributed by atoms with E-state index in [1.165, 1.54) is 0 Å². The maximum Gasteiger partial charge on any atom is 0.410 e. The molecule has 2 rings (SSSR count). The molecule has 0 saturated carbocycles. The topological polar surface area (TPSA) is 87.1 Å². The standard InChI is InChI=1S/C17H23NO5/c1-11(2)8-13-14(19)9-18(15(13)16(20)21)17(22)23-10-12-6-4-3-5-7-12/h3-7,11,13-15,19H,8-10H2,1-2H3,(H,20,21)/t13-,14-,15-/m0/s1. The molecule has 1 aromatic carbocycles. The average Bonchev–Trinajstić information content (AvgIpc) is 2.82. The van der Waals surface area contributed by atoms with Crippen molar-refractivity contribution in [2.24, 2.45) is 11.8 Å². The van der Waals surface area contributed by atoms with Gasteiger partial charge in [0.25, 0.3) is 0 Å². The number of carbonyl (C=O) groups excluding carboxylic acids is 1. The normalized spacial score (nSPS) is 24.0. The highest BCUT2D eigenvalue weighted by Gasteiger charge is 2.48. The van der Waals surface area contributed by atoms with Crippen molar-refractivity contribution in [1.82, 2.24) is 4.90 Å². The van der Waals surface area contributed by atoms with Crippen molar-refractivity contribution in [2.75, 3.05) is 6.54 Å². The van der Waals surface area contributed by atoms with Crippen molar-refractivity contribution in [3.63, 3.8) is 0 Å². The maximum absolute atomic E-state index is 12.2. The van der Waals surface area contributed by atoms with Crippen LogP contribution in [0.1, 0.15) is 25.8 Å². The van der Waals surface area contributed by atoms with Gasteiger partial charge in [0.05, 0.1) is 12.6 Å². The Morgan fingerprint density at radius 1 is 1.30 bits per heavy atom. The number of carboxylic acid groups (broad SMARTS) is 1. The molecular formula is C17H23NO5. The van der Waals surface area contributed by atoms with E-state index in [2.05, 4.69) is 0 Å². The van der Waals surface area contributed by atoms with Gasteiger partial charge < -0.3 is 14.9 Å². The van der Waals surface area contributed by atoms with Crippen LogP contribution >= 0.6 is 0 Å². The SMILES string of the molecule is CC(C)C[C@@H]1[C@@H](C(=O)O)N(C(=O)OCc2ccccc2)C[C@@H]1O. The largest absolute Gasteiger partial charge is 0.480 e. The first-order valence-electron chi connectivity index (χ1n) is 7.78. The summed E-state index contributed by atoms with van der Waals surface area (Å²) >= 11 is 0. The third kappa shape index (κ3) is 4.22. The highest BCUT2D eigenvalue weighted by molar-refractivity contribution is 5.81. The van der Waals surface area contributed by atoms with Gasteiger partial charge in [-0.05, 0) is 17.9 Å². The molecule has 126 valence electrons. The summed E-state index contributed by atoms with van der Waals surface area (Å²) in [7, 11) is 0. The summed E-state index contributed by atoms with van der Waals surface area (Å²) in [5.74, 6) is -1.35. The first kappa shape index (κ1) is 17.3. The van der Waals surface area contributed by atoms with Gasteiger partial charge in [-0.15, -0.1) is 0 Å². The quantitative estimate of drug-likeness (QED) is 0.867. The van der Waals surface area contributed by atoms with Gasteiger partial charge in [-0.2, -0.15) is 0 Å². The average molecular weight is 321 g/mol. The number of benzene rings is 1. The molecule has 1 aliphatic rings. The van der Waals surface area contributed by atoms with E-state index in [0.717, 1.165) is 10.5 Å². The van der Waals surface area contributed by atoms with E-state index in [0.29, 0.717) is 6.42 Å². The number of likely N-dealkylation sites (tertiary alicyclic amines) is 1. The Labute approximate surface area is 135 Å². The van der Waals surface area contributed by atoms with Crippen LogP contribution in [0.25, 0.3) is 0 Å². The molecule has 0 aliphatic carbocycles. The molecule has 6 nitrogen and oxygen atoms in total. The van der Waals surface area contributed by atoms with Gasteiger partial charge in [0, 0.05) is 5.92 Å². The van der Waals surface area contributed by atoms with Gasteiger partial charge in [-0.25, -0.2) is 9.59 Å². The molecule has 0 unspecified atom stereocenters. The monoisotopic (exact) mass is 321 g/mol. The number of nitrogens with zero attached hydrogens (tertiary/aromatic N) is 1. The zero-order valence-electron chi connectivity index (χ0n) is 13.4. The summed E-state index contributed by atoms with van der Waals surface area (Å²) in [6.07, 6.45) is -1.00. The highest BCUT2D eigenvalue weighted by Crippen LogP contribution is 2.31. The van der Waals surface area contributed by atoms with Gasteiger partial charge in [0.2, 0.25) is 0 Å². The predicted molar refractivity (Wildman–Crippen MR) is 83.7 cm³/mol. The van der Waals surface area contributed by atoms with Crippen LogP contribution < -0.4 is 0 Å². The van der Waals surface area contributed by atoms with E-state index in [9.17, 15) is 19.8 Å². The number of hydrogen-bond acceptors (Lipinski definition) is 4. The van der Waals surface area contributed by atoms with E-state index in [1.54, 1.807) is 0 Å². The number of β-amino-alcohol motifs (C(OH)–C–C–N with tert-alkyl or cyclic N) is 1. The van der Waals surface area contributed by atoms with Crippen LogP contribution in [0.4, 0.5) is 4.79 Å². The van der Waals surface area contributed by atoms with Crippen molar-refractivity contribution < 1.29 is 24.5 Å². The van der Waals surface area contributed by atoms with E-state index in [-0.39, 0.29) is 19.1 Å². The Hall–Kier alpha value is -2.08. The summed E-state index contributed by atoms with van der Waals surface area (Å²) in [6.45, 7) is 3.99. The molecule has 3 atom stereocenters. The lowest BCUT2D eigenvalue weighted by molar-refractivity contribution is -0.143. The molecule has 23 heavy (non-hydrogen) atoms. The lowest BCUT2D eigenvalue weighted by Gasteiger charge is -2.24. The number of carboxylic acids is 1. The Kier molecular flexibility index (Phi) is 5.60. The van der Waals surface area contributed by atoms with Crippen molar-refractivity contribution in [1.29, 1.82) is 0 Å². The second-order valence-electron chi connectivity index (χ2n) is 6.34. The minimum Gasteiger partial charge on any atom is -0.480 e. The Bertz CT molecular complexity index is 545. The molecule has 6 heteroatoms. The van der Waals surface area contributed by atoms with E-state index >= 15 is 0 Å². The highest BCUT2D eigenvalue weighted by atomic mass is 16.6. The molecule has 1 heterocycles. The Balaban J connectivity index is 2.04. The molecule has 0 radical (unpaired) electrons. The van der Waals surface area contributed by atoms with Crippen molar-refractivity contribution in [2.45, 2.75) is 39.0 Å². The van der Waals surface area contributed by atoms with Crippen molar-refractivity contribution >= 4 is 12.1 Å². The molecule has 1 saturated heterocycles. The van der Waals surface area contributed by atoms with Crippen LogP contribution in [0.3, 0.4) is 0 Å². The van der Waals surface area contributed by atoms with Crippen LogP contribution in [0, 0.1) is 11.8 Å². The molecule has 1 amide bonds. The summed E-state index contributed by atoms with van der Waals surface area (Å²) in [6, 6.07) is 8.13. The maximum atomic E-state index is 12.2. The fourth-order valence-electron chi connectivity index (χ4n) is 3.03. The zero-order chi connectivity index (χ0) is 17.0. The van der Waals surface area contributed by atoms with Crippen molar-refractivity contribution in [3.05, 3.63) is 35.9 Å². The molecule has 0 spiro atoms. The van der Waals surface area contributed by atoms with E-state index in [1.807, 2.05) is 44.2 Å². The number of amides is 1. The third-order valence-corrected chi connectivity index (χ3v) is 4.06. The molecule has 1 aliphatic heterocycles. The van der Waals surface area contributed by atoms with Gasteiger partial charge in [0.1, 0.15) is 12.6 Å². The predicted octanol–water partition coefficient (Wildman–Crippen LogP) is 2.12. The van der Waals surface area contributed by atoms with Crippen molar-refractivity contribution in [3.8, 4) is 0 Å². The number of carbonyl (C=O) groups is 2. The van der Waals surface area contributed by atoms with Gasteiger partial charge in [-0.3, -0.25) is 4.90 Å². The number of ether oxygens (including phenoxy) is 1. The fourth-order valence-corrected chi connectivity index (χ4v) is 3.03. The molecule has 1 fully saturated rings. The molecule has 1 aromatic rings. The Morgan fingerprint density at radius 3 is 2.52 bits per heavy atom. The first-order valence-corrected chi connectivity index (χ1v) is 7.78. The fraction of sp³-hybridized carbons (Fsp3) is 0.529. The number of rotatable bonds is 5. The minimum absolute atomic E-state index is 0.0119. The molecule has 0 bridgehead atoms. The lowest BCUT2D eigenvalue weighted by Crippen LogP contribution is -2.43. The van der Waals surface area contributed by atoms with Gasteiger partial charge in [-0.1, -0.05) is 44.2 Å². The second-order valence-corrected chi connectivity index (χ2v) is 6.34. The van der Waals surface area contributed by atoms with Crippen LogP contribution in [0.2, 0.25) is 0 Å².